The number of carbonyl (C=O) groups excluding carboxylic acids is 2. The van der Waals surface area contributed by atoms with Crippen LogP contribution in [0.2, 0.25) is 0 Å². The van der Waals surface area contributed by atoms with Crippen molar-refractivity contribution in [2.75, 3.05) is 26.4 Å². The van der Waals surface area contributed by atoms with Gasteiger partial charge in [-0.2, -0.15) is 0 Å². The molecule has 0 aromatic carbocycles. The second kappa shape index (κ2) is 35.1. The van der Waals surface area contributed by atoms with Gasteiger partial charge in [-0.3, -0.25) is 18.6 Å². The van der Waals surface area contributed by atoms with Gasteiger partial charge in [0.1, 0.15) is 12.2 Å². The number of ether oxygens (including phenoxy) is 2. The van der Waals surface area contributed by atoms with Gasteiger partial charge < -0.3 is 24.6 Å². The Morgan fingerprint density at radius 1 is 0.531 bits per heavy atom. The van der Waals surface area contributed by atoms with Crippen LogP contribution in [0.25, 0.3) is 0 Å². The predicted octanol–water partition coefficient (Wildman–Crippen LogP) is 9.67. The van der Waals surface area contributed by atoms with Gasteiger partial charge >= 0.3 is 19.8 Å². The van der Waals surface area contributed by atoms with E-state index in [-0.39, 0.29) is 12.8 Å². The SMILES string of the molecule is CCC/C=C\CCCCCCCC(=O)OC(CO)COP(=O)(O)OCC(CO)OC(=O)CCCCCCCCCCCCCCCCCC. The summed E-state index contributed by atoms with van der Waals surface area (Å²) in [5.41, 5.74) is 0. The third-order valence-electron chi connectivity index (χ3n) is 8.46. The van der Waals surface area contributed by atoms with Crippen LogP contribution in [0.5, 0.6) is 0 Å². The molecule has 11 heteroatoms. The van der Waals surface area contributed by atoms with E-state index in [2.05, 4.69) is 26.0 Å². The molecule has 0 fully saturated rings. The molecule has 0 aromatic rings. The summed E-state index contributed by atoms with van der Waals surface area (Å²) in [5.74, 6) is -1.02. The number of hydrogen-bond acceptors (Lipinski definition) is 9. The Hall–Kier alpha value is -1.29. The first kappa shape index (κ1) is 47.7. The summed E-state index contributed by atoms with van der Waals surface area (Å²) >= 11 is 0. The van der Waals surface area contributed by atoms with Gasteiger partial charge in [0.05, 0.1) is 26.4 Å². The summed E-state index contributed by atoms with van der Waals surface area (Å²) in [6, 6.07) is 0. The molecule has 0 spiro atoms. The third kappa shape index (κ3) is 33.6. The molecule has 3 unspecified atom stereocenters. The molecule has 3 atom stereocenters. The first-order chi connectivity index (χ1) is 23.8. The van der Waals surface area contributed by atoms with E-state index in [0.29, 0.717) is 12.8 Å². The summed E-state index contributed by atoms with van der Waals surface area (Å²) in [6.45, 7) is 2.13. The molecule has 0 saturated heterocycles. The zero-order valence-electron chi connectivity index (χ0n) is 31.2. The Morgan fingerprint density at radius 3 is 1.24 bits per heavy atom. The molecular formula is C38H73O10P. The Morgan fingerprint density at radius 2 is 0.878 bits per heavy atom. The number of hydrogen-bond donors (Lipinski definition) is 3. The van der Waals surface area contributed by atoms with Crippen LogP contribution < -0.4 is 0 Å². The number of rotatable bonds is 37. The van der Waals surface area contributed by atoms with Crippen LogP contribution in [-0.2, 0) is 32.7 Å². The molecule has 0 aliphatic carbocycles. The lowest BCUT2D eigenvalue weighted by Gasteiger charge is -2.20. The Labute approximate surface area is 298 Å². The fourth-order valence-corrected chi connectivity index (χ4v) is 6.20. The maximum atomic E-state index is 12.3. The number of allylic oxidation sites excluding steroid dienone is 2. The molecule has 0 saturated carbocycles. The number of unbranched alkanes of at least 4 members (excludes halogenated alkanes) is 21. The fourth-order valence-electron chi connectivity index (χ4n) is 5.41. The normalized spacial score (nSPS) is 14.1. The number of aliphatic hydroxyl groups excluding tert-OH is 2. The van der Waals surface area contributed by atoms with Crippen molar-refractivity contribution in [2.24, 2.45) is 0 Å². The Balaban J connectivity index is 3.93. The molecule has 0 aliphatic heterocycles. The second-order valence-corrected chi connectivity index (χ2v) is 14.7. The predicted molar refractivity (Wildman–Crippen MR) is 196 cm³/mol. The fraction of sp³-hybridized carbons (Fsp3) is 0.895. The zero-order valence-corrected chi connectivity index (χ0v) is 32.1. The van der Waals surface area contributed by atoms with Crippen molar-refractivity contribution in [2.45, 2.75) is 193 Å². The molecule has 0 rings (SSSR count). The van der Waals surface area contributed by atoms with Crippen molar-refractivity contribution in [3.05, 3.63) is 12.2 Å². The van der Waals surface area contributed by atoms with Crippen molar-refractivity contribution in [1.82, 2.24) is 0 Å². The highest BCUT2D eigenvalue weighted by atomic mass is 31.2. The number of carbonyl (C=O) groups is 2. The molecule has 0 aromatic heterocycles. The molecule has 290 valence electrons. The standard InChI is InChI=1S/C38H73O10P/c1-3-5-7-9-11-13-15-16-17-18-19-20-22-24-26-28-30-38(42)48-36(32-40)34-46-49(43,44)45-33-35(31-39)47-37(41)29-27-25-23-21-14-12-10-8-6-4-2/h8,10,35-36,39-40H,3-7,9,11-34H2,1-2H3,(H,43,44)/b10-8-. The average molecular weight is 721 g/mol. The quantitative estimate of drug-likeness (QED) is 0.0245. The second-order valence-electron chi connectivity index (χ2n) is 13.3. The van der Waals surface area contributed by atoms with Crippen LogP contribution in [0, 0.1) is 0 Å². The van der Waals surface area contributed by atoms with E-state index in [1.54, 1.807) is 0 Å². The smallest absolute Gasteiger partial charge is 0.457 e. The molecule has 0 radical (unpaired) electrons. The van der Waals surface area contributed by atoms with Gasteiger partial charge in [-0.1, -0.05) is 148 Å². The van der Waals surface area contributed by atoms with E-state index < -0.39 is 58.4 Å². The highest BCUT2D eigenvalue weighted by Crippen LogP contribution is 2.43. The van der Waals surface area contributed by atoms with Crippen molar-refractivity contribution < 1.29 is 47.8 Å². The van der Waals surface area contributed by atoms with Crippen molar-refractivity contribution in [3.63, 3.8) is 0 Å². The molecule has 0 bridgehead atoms. The van der Waals surface area contributed by atoms with E-state index in [4.69, 9.17) is 18.5 Å². The van der Waals surface area contributed by atoms with Crippen LogP contribution >= 0.6 is 7.82 Å². The lowest BCUT2D eigenvalue weighted by Crippen LogP contribution is -2.28. The van der Waals surface area contributed by atoms with Crippen LogP contribution in [0.1, 0.15) is 181 Å². The minimum atomic E-state index is -4.62. The average Bonchev–Trinajstić information content (AvgIpc) is 3.09. The summed E-state index contributed by atoms with van der Waals surface area (Å²) < 4.78 is 32.4. The van der Waals surface area contributed by atoms with Crippen LogP contribution in [0.3, 0.4) is 0 Å². The maximum absolute atomic E-state index is 12.3. The number of phosphoric acid groups is 1. The minimum Gasteiger partial charge on any atom is -0.457 e. The van der Waals surface area contributed by atoms with Crippen LogP contribution in [0.4, 0.5) is 0 Å². The van der Waals surface area contributed by atoms with Gasteiger partial charge in [0.25, 0.3) is 0 Å². The summed E-state index contributed by atoms with van der Waals surface area (Å²) in [7, 11) is -4.62. The Bertz CT molecular complexity index is 837. The first-order valence-electron chi connectivity index (χ1n) is 19.6. The highest BCUT2D eigenvalue weighted by molar-refractivity contribution is 7.47. The van der Waals surface area contributed by atoms with Crippen molar-refractivity contribution >= 4 is 19.8 Å². The maximum Gasteiger partial charge on any atom is 0.472 e. The Kier molecular flexibility index (Phi) is 34.2. The molecule has 49 heavy (non-hydrogen) atoms. The summed E-state index contributed by atoms with van der Waals surface area (Å²) in [6.07, 6.45) is 30.5. The lowest BCUT2D eigenvalue weighted by molar-refractivity contribution is -0.153. The summed E-state index contributed by atoms with van der Waals surface area (Å²) in [5, 5.41) is 19.1. The number of phosphoric ester groups is 1. The van der Waals surface area contributed by atoms with Gasteiger partial charge in [0.15, 0.2) is 0 Å². The monoisotopic (exact) mass is 720 g/mol. The summed E-state index contributed by atoms with van der Waals surface area (Å²) in [4.78, 5) is 34.3. The van der Waals surface area contributed by atoms with E-state index >= 15 is 0 Å². The molecule has 0 amide bonds. The number of esters is 2. The highest BCUT2D eigenvalue weighted by Gasteiger charge is 2.27. The van der Waals surface area contributed by atoms with Gasteiger partial charge in [-0.25, -0.2) is 4.57 Å². The topological polar surface area (TPSA) is 149 Å². The number of aliphatic hydroxyl groups is 2. The molecule has 10 nitrogen and oxygen atoms in total. The van der Waals surface area contributed by atoms with Crippen molar-refractivity contribution in [1.29, 1.82) is 0 Å². The van der Waals surface area contributed by atoms with Gasteiger partial charge in [-0.15, -0.1) is 0 Å². The molecule has 0 aliphatic rings. The molecular weight excluding hydrogens is 647 g/mol. The largest absolute Gasteiger partial charge is 0.472 e. The van der Waals surface area contributed by atoms with E-state index in [1.165, 1.54) is 77.0 Å². The van der Waals surface area contributed by atoms with Gasteiger partial charge in [0.2, 0.25) is 0 Å². The molecule has 0 heterocycles. The zero-order chi connectivity index (χ0) is 36.3. The van der Waals surface area contributed by atoms with E-state index in [1.807, 2.05) is 0 Å². The van der Waals surface area contributed by atoms with E-state index in [9.17, 15) is 29.3 Å². The molecule has 3 N–H and O–H groups in total. The third-order valence-corrected chi connectivity index (χ3v) is 9.41. The van der Waals surface area contributed by atoms with Crippen LogP contribution in [0.15, 0.2) is 12.2 Å². The minimum absolute atomic E-state index is 0.184. The van der Waals surface area contributed by atoms with Gasteiger partial charge in [0, 0.05) is 12.8 Å². The van der Waals surface area contributed by atoms with Gasteiger partial charge in [-0.05, 0) is 32.1 Å². The van der Waals surface area contributed by atoms with Crippen LogP contribution in [-0.4, -0.2) is 65.7 Å². The van der Waals surface area contributed by atoms with Crippen molar-refractivity contribution in [3.8, 4) is 0 Å². The first-order valence-corrected chi connectivity index (χ1v) is 21.1. The van der Waals surface area contributed by atoms with E-state index in [0.717, 1.165) is 64.2 Å². The lowest BCUT2D eigenvalue weighted by atomic mass is 10.0.